The molecule has 0 amide bonds. The van der Waals surface area contributed by atoms with Gasteiger partial charge in [0.1, 0.15) is 11.3 Å². The molecule has 9 rings (SSSR count). The minimum absolute atomic E-state index is 0.812. The van der Waals surface area contributed by atoms with E-state index in [9.17, 15) is 0 Å². The molecule has 0 fully saturated rings. The van der Waals surface area contributed by atoms with Crippen molar-refractivity contribution in [3.05, 3.63) is 194 Å². The topological polar surface area (TPSA) is 29.3 Å². The van der Waals surface area contributed by atoms with Gasteiger partial charge in [-0.1, -0.05) is 127 Å². The SMILES string of the molecule is c1ccc(-c2ccc(N(c3ccc(-c4ccccc4)cc3)c3ccc(-c4oc5ccccc5c4-c4ccc5ccccc5n4)cc3)cc2)cc1. The Kier molecular flexibility index (Phi) is 7.49. The summed E-state index contributed by atoms with van der Waals surface area (Å²) in [6.07, 6.45) is 0. The highest BCUT2D eigenvalue weighted by atomic mass is 16.3. The molecule has 0 radical (unpaired) electrons. The van der Waals surface area contributed by atoms with Gasteiger partial charge in [-0.2, -0.15) is 0 Å². The van der Waals surface area contributed by atoms with Gasteiger partial charge >= 0.3 is 0 Å². The average Bonchev–Trinajstić information content (AvgIpc) is 3.59. The van der Waals surface area contributed by atoms with Crippen LogP contribution in [0.2, 0.25) is 0 Å². The van der Waals surface area contributed by atoms with E-state index in [0.717, 1.165) is 61.5 Å². The number of benzene rings is 7. The molecule has 0 atom stereocenters. The number of fused-ring (bicyclic) bond motifs is 2. The number of hydrogen-bond acceptors (Lipinski definition) is 3. The van der Waals surface area contributed by atoms with Crippen LogP contribution in [0, 0.1) is 0 Å². The summed E-state index contributed by atoms with van der Waals surface area (Å²) in [7, 11) is 0. The van der Waals surface area contributed by atoms with Crippen molar-refractivity contribution in [2.45, 2.75) is 0 Å². The number of pyridine rings is 1. The van der Waals surface area contributed by atoms with E-state index in [1.165, 1.54) is 22.3 Å². The maximum atomic E-state index is 6.58. The van der Waals surface area contributed by atoms with Crippen LogP contribution in [-0.4, -0.2) is 4.98 Å². The van der Waals surface area contributed by atoms with Crippen molar-refractivity contribution in [2.24, 2.45) is 0 Å². The van der Waals surface area contributed by atoms with E-state index < -0.39 is 0 Å². The molecule has 2 aromatic heterocycles. The lowest BCUT2D eigenvalue weighted by atomic mass is 10.0. The highest BCUT2D eigenvalue weighted by Crippen LogP contribution is 2.42. The summed E-state index contributed by atoms with van der Waals surface area (Å²) in [4.78, 5) is 7.37. The minimum Gasteiger partial charge on any atom is -0.455 e. The Morgan fingerprint density at radius 3 is 1.46 bits per heavy atom. The predicted octanol–water partition coefficient (Wildman–Crippen LogP) is 13.1. The molecule has 2 heterocycles. The van der Waals surface area contributed by atoms with Crippen LogP contribution in [0.1, 0.15) is 0 Å². The van der Waals surface area contributed by atoms with Crippen LogP contribution in [0.15, 0.2) is 199 Å². The molecule has 0 N–H and O–H groups in total. The maximum absolute atomic E-state index is 6.58. The van der Waals surface area contributed by atoms with Gasteiger partial charge in [-0.25, -0.2) is 4.98 Å². The largest absolute Gasteiger partial charge is 0.455 e. The normalized spacial score (nSPS) is 11.2. The fourth-order valence-corrected chi connectivity index (χ4v) is 6.78. The van der Waals surface area contributed by atoms with Crippen molar-refractivity contribution < 1.29 is 4.42 Å². The van der Waals surface area contributed by atoms with E-state index >= 15 is 0 Å². The smallest absolute Gasteiger partial charge is 0.144 e. The van der Waals surface area contributed by atoms with Crippen LogP contribution in [0.3, 0.4) is 0 Å². The van der Waals surface area contributed by atoms with Crippen molar-refractivity contribution in [3.63, 3.8) is 0 Å². The summed E-state index contributed by atoms with van der Waals surface area (Å²) in [5.74, 6) is 0.812. The summed E-state index contributed by atoms with van der Waals surface area (Å²) in [5, 5.41) is 2.16. The van der Waals surface area contributed by atoms with Crippen molar-refractivity contribution in [1.29, 1.82) is 0 Å². The number of para-hydroxylation sites is 2. The van der Waals surface area contributed by atoms with E-state index in [2.05, 4.69) is 175 Å². The first-order valence-electron chi connectivity index (χ1n) is 16.9. The Bertz CT molecular complexity index is 2470. The zero-order chi connectivity index (χ0) is 33.3. The molecule has 0 saturated carbocycles. The molecule has 0 aliphatic rings. The quantitative estimate of drug-likeness (QED) is 0.174. The van der Waals surface area contributed by atoms with Gasteiger partial charge < -0.3 is 9.32 Å². The van der Waals surface area contributed by atoms with Gasteiger partial charge in [0.25, 0.3) is 0 Å². The Labute approximate surface area is 291 Å². The van der Waals surface area contributed by atoms with Crippen LogP contribution in [0.5, 0.6) is 0 Å². The van der Waals surface area contributed by atoms with E-state index in [1.807, 2.05) is 24.3 Å². The fourth-order valence-electron chi connectivity index (χ4n) is 6.78. The molecule has 0 unspecified atom stereocenters. The van der Waals surface area contributed by atoms with Gasteiger partial charge in [0.2, 0.25) is 0 Å². The molecule has 3 nitrogen and oxygen atoms in total. The lowest BCUT2D eigenvalue weighted by Crippen LogP contribution is -2.09. The second-order valence-electron chi connectivity index (χ2n) is 12.4. The molecule has 9 aromatic rings. The van der Waals surface area contributed by atoms with Gasteiger partial charge in [0.05, 0.1) is 16.8 Å². The number of hydrogen-bond donors (Lipinski definition) is 0. The Balaban J connectivity index is 1.13. The van der Waals surface area contributed by atoms with E-state index in [4.69, 9.17) is 9.40 Å². The molecule has 0 saturated heterocycles. The Morgan fingerprint density at radius 1 is 0.380 bits per heavy atom. The molecule has 0 aliphatic heterocycles. The zero-order valence-electron chi connectivity index (χ0n) is 27.3. The first-order chi connectivity index (χ1) is 24.8. The summed E-state index contributed by atoms with van der Waals surface area (Å²) in [5.41, 5.74) is 12.7. The van der Waals surface area contributed by atoms with Gasteiger partial charge in [-0.05, 0) is 89.0 Å². The third kappa shape index (κ3) is 5.51. The summed E-state index contributed by atoms with van der Waals surface area (Å²) in [6, 6.07) is 67.9. The maximum Gasteiger partial charge on any atom is 0.144 e. The first-order valence-corrected chi connectivity index (χ1v) is 16.9. The van der Waals surface area contributed by atoms with Gasteiger partial charge in [-0.15, -0.1) is 0 Å². The Morgan fingerprint density at radius 2 is 0.860 bits per heavy atom. The van der Waals surface area contributed by atoms with Crippen LogP contribution < -0.4 is 4.90 Å². The molecule has 3 heteroatoms. The third-order valence-electron chi connectivity index (χ3n) is 9.30. The molecule has 0 aliphatic carbocycles. The number of anilines is 3. The summed E-state index contributed by atoms with van der Waals surface area (Å²) >= 11 is 0. The summed E-state index contributed by atoms with van der Waals surface area (Å²) < 4.78 is 6.58. The molecular weight excluding hydrogens is 609 g/mol. The van der Waals surface area contributed by atoms with E-state index in [0.29, 0.717) is 0 Å². The van der Waals surface area contributed by atoms with E-state index in [1.54, 1.807) is 0 Å². The highest BCUT2D eigenvalue weighted by Gasteiger charge is 2.20. The molecular formula is C47H32N2O. The molecule has 50 heavy (non-hydrogen) atoms. The van der Waals surface area contributed by atoms with Crippen molar-refractivity contribution in [2.75, 3.05) is 4.90 Å². The van der Waals surface area contributed by atoms with Gasteiger partial charge in [0, 0.05) is 33.4 Å². The fraction of sp³-hybridized carbons (Fsp3) is 0. The van der Waals surface area contributed by atoms with Crippen LogP contribution in [0.25, 0.3) is 66.7 Å². The van der Waals surface area contributed by atoms with E-state index in [-0.39, 0.29) is 0 Å². The summed E-state index contributed by atoms with van der Waals surface area (Å²) in [6.45, 7) is 0. The second kappa shape index (κ2) is 12.7. The predicted molar refractivity (Wildman–Crippen MR) is 208 cm³/mol. The standard InChI is InChI=1S/C47H32N2O/c1-3-11-33(12-4-1)35-19-26-39(27-20-35)49(40-28-21-36(22-29-40)34-13-5-2-6-14-34)41-30-23-38(24-31-41)47-46(42-16-8-10-18-45(42)50-47)44-32-25-37-15-7-9-17-43(37)48-44/h1-32H. The minimum atomic E-state index is 0.812. The molecule has 236 valence electrons. The number of nitrogens with zero attached hydrogens (tertiary/aromatic N) is 2. The monoisotopic (exact) mass is 640 g/mol. The number of rotatable bonds is 7. The number of furan rings is 1. The Hall–Kier alpha value is -6.71. The van der Waals surface area contributed by atoms with Crippen LogP contribution >= 0.6 is 0 Å². The lowest BCUT2D eigenvalue weighted by molar-refractivity contribution is 0.632. The van der Waals surface area contributed by atoms with Crippen molar-refractivity contribution in [3.8, 4) is 44.8 Å². The van der Waals surface area contributed by atoms with Crippen LogP contribution in [0.4, 0.5) is 17.1 Å². The average molecular weight is 641 g/mol. The van der Waals surface area contributed by atoms with Crippen molar-refractivity contribution >= 4 is 38.9 Å². The van der Waals surface area contributed by atoms with Crippen molar-refractivity contribution in [1.82, 2.24) is 4.98 Å². The molecule has 0 spiro atoms. The van der Waals surface area contributed by atoms with Crippen LogP contribution in [-0.2, 0) is 0 Å². The lowest BCUT2D eigenvalue weighted by Gasteiger charge is -2.26. The second-order valence-corrected chi connectivity index (χ2v) is 12.4. The third-order valence-corrected chi connectivity index (χ3v) is 9.30. The number of aromatic nitrogens is 1. The van der Waals surface area contributed by atoms with Gasteiger partial charge in [-0.3, -0.25) is 0 Å². The van der Waals surface area contributed by atoms with Gasteiger partial charge in [0.15, 0.2) is 0 Å². The highest BCUT2D eigenvalue weighted by molar-refractivity contribution is 6.02. The zero-order valence-corrected chi connectivity index (χ0v) is 27.3. The molecule has 7 aromatic carbocycles. The molecule has 0 bridgehead atoms. The first kappa shape index (κ1) is 29.4.